The van der Waals surface area contributed by atoms with Crippen molar-refractivity contribution in [1.82, 2.24) is 5.32 Å². The highest BCUT2D eigenvalue weighted by Crippen LogP contribution is 2.42. The van der Waals surface area contributed by atoms with E-state index in [0.717, 1.165) is 24.8 Å². The lowest BCUT2D eigenvalue weighted by Gasteiger charge is -2.21. The number of amides is 1. The molecule has 1 unspecified atom stereocenters. The van der Waals surface area contributed by atoms with Gasteiger partial charge in [0.25, 0.3) is 5.91 Å². The SMILES string of the molecule is CC1CCCc2sc(N)c(C(=O)NC3CCCC3)c21. The summed E-state index contributed by atoms with van der Waals surface area (Å²) in [5.41, 5.74) is 8.15. The fourth-order valence-electron chi connectivity index (χ4n) is 3.49. The first kappa shape index (κ1) is 13.0. The van der Waals surface area contributed by atoms with E-state index in [0.29, 0.717) is 17.0 Å². The number of nitrogens with two attached hydrogens (primary N) is 1. The number of carbonyl (C=O) groups excluding carboxylic acids is 1. The van der Waals surface area contributed by atoms with Gasteiger partial charge < -0.3 is 11.1 Å². The van der Waals surface area contributed by atoms with Crippen molar-refractivity contribution in [2.24, 2.45) is 0 Å². The van der Waals surface area contributed by atoms with Crippen LogP contribution in [0.4, 0.5) is 5.00 Å². The quantitative estimate of drug-likeness (QED) is 0.870. The van der Waals surface area contributed by atoms with Crippen LogP contribution in [0.2, 0.25) is 0 Å². The number of nitrogens with one attached hydrogen (secondary N) is 1. The van der Waals surface area contributed by atoms with Gasteiger partial charge in [-0.25, -0.2) is 0 Å². The molecule has 0 aromatic carbocycles. The second kappa shape index (κ2) is 5.16. The molecule has 0 aliphatic heterocycles. The molecule has 1 saturated carbocycles. The average molecular weight is 278 g/mol. The molecule has 19 heavy (non-hydrogen) atoms. The lowest BCUT2D eigenvalue weighted by molar-refractivity contribution is 0.0937. The highest BCUT2D eigenvalue weighted by molar-refractivity contribution is 7.16. The maximum Gasteiger partial charge on any atom is 0.254 e. The van der Waals surface area contributed by atoms with Gasteiger partial charge in [0.1, 0.15) is 0 Å². The van der Waals surface area contributed by atoms with E-state index in [1.807, 2.05) is 0 Å². The topological polar surface area (TPSA) is 55.1 Å². The van der Waals surface area contributed by atoms with Crippen LogP contribution in [-0.4, -0.2) is 11.9 Å². The summed E-state index contributed by atoms with van der Waals surface area (Å²) in [7, 11) is 0. The van der Waals surface area contributed by atoms with Crippen LogP contribution in [-0.2, 0) is 6.42 Å². The van der Waals surface area contributed by atoms with Gasteiger partial charge in [-0.05, 0) is 43.6 Å². The molecular formula is C15H22N2OS. The van der Waals surface area contributed by atoms with E-state index >= 15 is 0 Å². The normalized spacial score (nSPS) is 23.3. The van der Waals surface area contributed by atoms with Crippen LogP contribution in [0.1, 0.15) is 72.2 Å². The molecule has 0 spiro atoms. The van der Waals surface area contributed by atoms with Gasteiger partial charge in [-0.1, -0.05) is 19.8 Å². The monoisotopic (exact) mass is 278 g/mol. The van der Waals surface area contributed by atoms with Crippen molar-refractivity contribution in [1.29, 1.82) is 0 Å². The molecule has 2 aliphatic rings. The number of rotatable bonds is 2. The first-order valence-electron chi connectivity index (χ1n) is 7.38. The summed E-state index contributed by atoms with van der Waals surface area (Å²) in [6.07, 6.45) is 8.19. The number of hydrogen-bond donors (Lipinski definition) is 2. The maximum absolute atomic E-state index is 12.5. The molecule has 1 fully saturated rings. The largest absolute Gasteiger partial charge is 0.390 e. The van der Waals surface area contributed by atoms with Crippen LogP contribution < -0.4 is 11.1 Å². The standard InChI is InChI=1S/C15H22N2OS/c1-9-5-4-8-11-12(9)13(14(16)19-11)15(18)17-10-6-2-3-7-10/h9-10H,2-8,16H2,1H3,(H,17,18). The summed E-state index contributed by atoms with van der Waals surface area (Å²) in [5, 5.41) is 3.90. The first-order valence-corrected chi connectivity index (χ1v) is 8.20. The Labute approximate surface area is 118 Å². The lowest BCUT2D eigenvalue weighted by Crippen LogP contribution is -2.33. The van der Waals surface area contributed by atoms with E-state index in [-0.39, 0.29) is 5.91 Å². The van der Waals surface area contributed by atoms with E-state index in [1.165, 1.54) is 36.1 Å². The number of anilines is 1. The summed E-state index contributed by atoms with van der Waals surface area (Å²) in [4.78, 5) is 13.9. The van der Waals surface area contributed by atoms with E-state index < -0.39 is 0 Å². The van der Waals surface area contributed by atoms with E-state index in [9.17, 15) is 4.79 Å². The smallest absolute Gasteiger partial charge is 0.254 e. The Morgan fingerprint density at radius 3 is 2.74 bits per heavy atom. The van der Waals surface area contributed by atoms with Crippen molar-refractivity contribution < 1.29 is 4.79 Å². The van der Waals surface area contributed by atoms with Gasteiger partial charge in [-0.3, -0.25) is 4.79 Å². The van der Waals surface area contributed by atoms with Crippen molar-refractivity contribution in [3.8, 4) is 0 Å². The Kier molecular flexibility index (Phi) is 3.52. The number of carbonyl (C=O) groups is 1. The average Bonchev–Trinajstić information content (AvgIpc) is 2.96. The fourth-order valence-corrected chi connectivity index (χ4v) is 4.72. The molecule has 0 radical (unpaired) electrons. The van der Waals surface area contributed by atoms with Crippen LogP contribution >= 0.6 is 11.3 Å². The van der Waals surface area contributed by atoms with E-state index in [2.05, 4.69) is 12.2 Å². The maximum atomic E-state index is 12.5. The van der Waals surface area contributed by atoms with Gasteiger partial charge in [0, 0.05) is 10.9 Å². The first-order chi connectivity index (χ1) is 9.16. The molecule has 1 atom stereocenters. The van der Waals surface area contributed by atoms with Gasteiger partial charge in [-0.2, -0.15) is 0 Å². The van der Waals surface area contributed by atoms with Gasteiger partial charge in [0.05, 0.1) is 10.6 Å². The van der Waals surface area contributed by atoms with Crippen LogP contribution in [0.5, 0.6) is 0 Å². The number of hydrogen-bond acceptors (Lipinski definition) is 3. The van der Waals surface area contributed by atoms with E-state index in [1.54, 1.807) is 11.3 Å². The molecule has 3 N–H and O–H groups in total. The molecule has 3 nitrogen and oxygen atoms in total. The summed E-state index contributed by atoms with van der Waals surface area (Å²) >= 11 is 1.62. The fraction of sp³-hybridized carbons (Fsp3) is 0.667. The van der Waals surface area contributed by atoms with Crippen molar-refractivity contribution in [2.75, 3.05) is 5.73 Å². The molecule has 0 saturated heterocycles. The summed E-state index contributed by atoms with van der Waals surface area (Å²) < 4.78 is 0. The van der Waals surface area contributed by atoms with Crippen molar-refractivity contribution in [3.05, 3.63) is 16.0 Å². The molecule has 4 heteroatoms. The van der Waals surface area contributed by atoms with E-state index in [4.69, 9.17) is 5.73 Å². The van der Waals surface area contributed by atoms with Gasteiger partial charge >= 0.3 is 0 Å². The molecule has 3 rings (SSSR count). The molecule has 1 aromatic heterocycles. The van der Waals surface area contributed by atoms with Crippen molar-refractivity contribution in [3.63, 3.8) is 0 Å². The molecule has 1 heterocycles. The Morgan fingerprint density at radius 2 is 2.00 bits per heavy atom. The molecule has 1 amide bonds. The predicted molar refractivity (Wildman–Crippen MR) is 79.8 cm³/mol. The number of nitrogen functional groups attached to an aromatic ring is 1. The second-order valence-electron chi connectivity index (χ2n) is 5.93. The summed E-state index contributed by atoms with van der Waals surface area (Å²) in [5.74, 6) is 0.539. The highest BCUT2D eigenvalue weighted by Gasteiger charge is 2.29. The van der Waals surface area contributed by atoms with Gasteiger partial charge in [0.15, 0.2) is 0 Å². The Hall–Kier alpha value is -1.03. The number of fused-ring (bicyclic) bond motifs is 1. The minimum absolute atomic E-state index is 0.0654. The van der Waals surface area contributed by atoms with Crippen molar-refractivity contribution >= 4 is 22.2 Å². The third-order valence-electron chi connectivity index (χ3n) is 4.50. The predicted octanol–water partition coefficient (Wildman–Crippen LogP) is 3.44. The lowest BCUT2D eigenvalue weighted by atomic mass is 9.86. The zero-order chi connectivity index (χ0) is 13.4. The molecule has 104 valence electrons. The van der Waals surface area contributed by atoms with Crippen LogP contribution in [0.15, 0.2) is 0 Å². The molecule has 1 aromatic rings. The minimum atomic E-state index is 0.0654. The Bertz CT molecular complexity index is 489. The Balaban J connectivity index is 1.87. The molecule has 0 bridgehead atoms. The van der Waals surface area contributed by atoms with Crippen LogP contribution in [0.25, 0.3) is 0 Å². The molecule has 2 aliphatic carbocycles. The Morgan fingerprint density at radius 1 is 1.26 bits per heavy atom. The van der Waals surface area contributed by atoms with Gasteiger partial charge in [0.2, 0.25) is 0 Å². The zero-order valence-corrected chi connectivity index (χ0v) is 12.3. The van der Waals surface area contributed by atoms with Crippen LogP contribution in [0, 0.1) is 0 Å². The number of thiophene rings is 1. The minimum Gasteiger partial charge on any atom is -0.390 e. The zero-order valence-electron chi connectivity index (χ0n) is 11.5. The van der Waals surface area contributed by atoms with Crippen molar-refractivity contribution in [2.45, 2.75) is 63.8 Å². The van der Waals surface area contributed by atoms with Gasteiger partial charge in [-0.15, -0.1) is 11.3 Å². The third-order valence-corrected chi connectivity index (χ3v) is 5.60. The highest BCUT2D eigenvalue weighted by atomic mass is 32.1. The van der Waals surface area contributed by atoms with Crippen LogP contribution in [0.3, 0.4) is 0 Å². The summed E-state index contributed by atoms with van der Waals surface area (Å²) in [6.45, 7) is 2.22. The molecular weight excluding hydrogens is 256 g/mol. The second-order valence-corrected chi connectivity index (χ2v) is 7.06. The third kappa shape index (κ3) is 2.38. The summed E-state index contributed by atoms with van der Waals surface area (Å²) in [6, 6.07) is 0.362. The number of aryl methyl sites for hydroxylation is 1.